The van der Waals surface area contributed by atoms with Crippen molar-refractivity contribution >= 4 is 65.0 Å². The minimum atomic E-state index is -0.501. The second-order valence-corrected chi connectivity index (χ2v) is 11.6. The lowest BCUT2D eigenvalue weighted by Crippen LogP contribution is -1.91. The summed E-state index contributed by atoms with van der Waals surface area (Å²) in [6.07, 6.45) is 0. The lowest BCUT2D eigenvalue weighted by molar-refractivity contribution is 0.670. The van der Waals surface area contributed by atoms with E-state index in [0.29, 0.717) is 44.0 Å². The van der Waals surface area contributed by atoms with Gasteiger partial charge in [0.25, 0.3) is 0 Å². The van der Waals surface area contributed by atoms with Gasteiger partial charge in [-0.3, -0.25) is 0 Å². The van der Waals surface area contributed by atoms with Crippen LogP contribution in [-0.4, -0.2) is 0 Å². The predicted molar refractivity (Wildman–Crippen MR) is 200 cm³/mol. The molecule has 10 rings (SSSR count). The molecule has 0 unspecified atom stereocenters. The summed E-state index contributed by atoms with van der Waals surface area (Å²) in [7, 11) is 0. The second kappa shape index (κ2) is 10.2. The van der Waals surface area contributed by atoms with Crippen molar-refractivity contribution in [3.63, 3.8) is 0 Å². The van der Waals surface area contributed by atoms with Crippen molar-refractivity contribution in [1.82, 2.24) is 0 Å². The van der Waals surface area contributed by atoms with Crippen LogP contribution >= 0.6 is 0 Å². The Balaban J connectivity index is 1.24. The second-order valence-electron chi connectivity index (χ2n) is 11.6. The van der Waals surface area contributed by atoms with E-state index >= 15 is 0 Å². The molecular formula is C46H28O. The van der Waals surface area contributed by atoms with Gasteiger partial charge in [-0.15, -0.1) is 0 Å². The standard InChI is InChI=1S/C46H28O/c1-3-14-33-29(11-1)13-9-21-36(33)44-39-18-7-5-16-37(39)43(38-17-6-8-19-40(38)44)32-25-23-31(24-26-32)35-20-10-22-41-45-34-15-4-2-12-30(34)27-28-42(45)47-46(35)41/h1-28H/i1D,3D,9D,10D,11D,13D,14D,20D,21D,22D. The monoisotopic (exact) mass is 606 g/mol. The molecule has 1 nitrogen and oxygen atoms in total. The summed E-state index contributed by atoms with van der Waals surface area (Å²) in [5.41, 5.74) is 4.43. The Kier molecular flexibility index (Phi) is 3.91. The largest absolute Gasteiger partial charge is 0.455 e. The molecule has 1 aromatic heterocycles. The zero-order valence-corrected chi connectivity index (χ0v) is 24.8. The minimum absolute atomic E-state index is 0.0305. The number of benzene rings is 9. The van der Waals surface area contributed by atoms with Crippen LogP contribution < -0.4 is 0 Å². The third-order valence-electron chi connectivity index (χ3n) is 9.14. The number of para-hydroxylation sites is 1. The van der Waals surface area contributed by atoms with E-state index in [4.69, 9.17) is 16.8 Å². The average molecular weight is 607 g/mol. The summed E-state index contributed by atoms with van der Waals surface area (Å²) in [6, 6.07) is 31.3. The quantitative estimate of drug-likeness (QED) is 0.182. The van der Waals surface area contributed by atoms with Gasteiger partial charge >= 0.3 is 0 Å². The normalized spacial score (nSPS) is 14.8. The van der Waals surface area contributed by atoms with E-state index in [1.54, 1.807) is 0 Å². The van der Waals surface area contributed by atoms with Gasteiger partial charge in [0.1, 0.15) is 11.2 Å². The third-order valence-corrected chi connectivity index (χ3v) is 9.14. The molecule has 0 fully saturated rings. The summed E-state index contributed by atoms with van der Waals surface area (Å²) < 4.78 is 94.4. The Morgan fingerprint density at radius 1 is 0.383 bits per heavy atom. The van der Waals surface area contributed by atoms with Crippen molar-refractivity contribution in [1.29, 1.82) is 0 Å². The maximum Gasteiger partial charge on any atom is 0.143 e. The van der Waals surface area contributed by atoms with Gasteiger partial charge in [-0.2, -0.15) is 0 Å². The van der Waals surface area contributed by atoms with Crippen LogP contribution in [0.2, 0.25) is 0 Å². The van der Waals surface area contributed by atoms with E-state index in [9.17, 15) is 1.37 Å². The molecule has 0 saturated heterocycles. The van der Waals surface area contributed by atoms with Crippen LogP contribution in [-0.2, 0) is 0 Å². The molecule has 0 spiro atoms. The molecule has 0 aliphatic rings. The van der Waals surface area contributed by atoms with Crippen molar-refractivity contribution in [2.45, 2.75) is 0 Å². The molecule has 1 heteroatoms. The number of hydrogen-bond donors (Lipinski definition) is 0. The average Bonchev–Trinajstić information content (AvgIpc) is 3.63. The fraction of sp³-hybridized carbons (Fsp3) is 0. The zero-order valence-electron chi connectivity index (χ0n) is 34.8. The Hall–Kier alpha value is -6.18. The SMILES string of the molecule is [2H]c1c([2H])c([2H])c2c(oc3ccc4ccccc4c32)c1-c1ccc(-c2c3ccccc3c(-c3c([2H])c([2H])c([2H])c4c([2H])c([2H])c([2H])c([2H])c34)c3ccccc23)cc1. The molecule has 0 bridgehead atoms. The van der Waals surface area contributed by atoms with E-state index in [1.807, 2.05) is 109 Å². The number of fused-ring (bicyclic) bond motifs is 8. The van der Waals surface area contributed by atoms with E-state index in [0.717, 1.165) is 38.1 Å². The molecule has 0 amide bonds. The van der Waals surface area contributed by atoms with Gasteiger partial charge in [-0.05, 0) is 77.0 Å². The molecule has 10 aromatic rings. The molecular weight excluding hydrogens is 569 g/mol. The maximum absolute atomic E-state index is 9.19. The molecule has 0 saturated carbocycles. The van der Waals surface area contributed by atoms with Crippen LogP contribution in [0.4, 0.5) is 0 Å². The van der Waals surface area contributed by atoms with Crippen LogP contribution in [0.5, 0.6) is 0 Å². The highest BCUT2D eigenvalue weighted by molar-refractivity contribution is 6.24. The topological polar surface area (TPSA) is 13.1 Å². The Morgan fingerprint density at radius 3 is 1.72 bits per heavy atom. The highest BCUT2D eigenvalue weighted by atomic mass is 16.3. The van der Waals surface area contributed by atoms with Crippen molar-refractivity contribution in [3.8, 4) is 33.4 Å². The highest BCUT2D eigenvalue weighted by Gasteiger charge is 2.19. The van der Waals surface area contributed by atoms with E-state index < -0.39 is 30.2 Å². The number of hydrogen-bond acceptors (Lipinski definition) is 1. The summed E-state index contributed by atoms with van der Waals surface area (Å²) >= 11 is 0. The van der Waals surface area contributed by atoms with Gasteiger partial charge in [0.2, 0.25) is 0 Å². The first-order valence-corrected chi connectivity index (χ1v) is 15.4. The Labute approximate surface area is 286 Å². The van der Waals surface area contributed by atoms with Crippen LogP contribution in [0.15, 0.2) is 174 Å². The minimum Gasteiger partial charge on any atom is -0.455 e. The van der Waals surface area contributed by atoms with Gasteiger partial charge in [0, 0.05) is 16.3 Å². The first kappa shape index (κ1) is 18.1. The fourth-order valence-electron chi connectivity index (χ4n) is 7.09. The molecule has 0 atom stereocenters. The molecule has 47 heavy (non-hydrogen) atoms. The smallest absolute Gasteiger partial charge is 0.143 e. The number of rotatable bonds is 3. The molecule has 1 heterocycles. The summed E-state index contributed by atoms with van der Waals surface area (Å²) in [4.78, 5) is 0. The molecule has 0 N–H and O–H groups in total. The van der Waals surface area contributed by atoms with Crippen molar-refractivity contribution in [2.75, 3.05) is 0 Å². The van der Waals surface area contributed by atoms with Gasteiger partial charge in [0.05, 0.1) is 13.7 Å². The van der Waals surface area contributed by atoms with E-state index in [1.165, 1.54) is 0 Å². The van der Waals surface area contributed by atoms with Crippen LogP contribution in [0.25, 0.3) is 98.4 Å². The van der Waals surface area contributed by atoms with Crippen LogP contribution in [0, 0.1) is 0 Å². The van der Waals surface area contributed by atoms with Gasteiger partial charge < -0.3 is 4.42 Å². The molecule has 0 aliphatic carbocycles. The summed E-state index contributed by atoms with van der Waals surface area (Å²) in [6.45, 7) is 0. The molecule has 0 radical (unpaired) electrons. The van der Waals surface area contributed by atoms with Crippen LogP contribution in [0.3, 0.4) is 0 Å². The summed E-state index contributed by atoms with van der Waals surface area (Å²) in [5, 5.41) is 6.05. The Morgan fingerprint density at radius 2 is 0.957 bits per heavy atom. The zero-order chi connectivity index (χ0) is 39.6. The predicted octanol–water partition coefficient (Wildman–Crippen LogP) is 13.2. The lowest BCUT2D eigenvalue weighted by Gasteiger charge is -2.19. The Bertz CT molecular complexity index is 3340. The highest BCUT2D eigenvalue weighted by Crippen LogP contribution is 2.46. The van der Waals surface area contributed by atoms with Gasteiger partial charge in [0.15, 0.2) is 0 Å². The van der Waals surface area contributed by atoms with E-state index in [2.05, 4.69) is 0 Å². The van der Waals surface area contributed by atoms with Crippen LogP contribution in [0.1, 0.15) is 13.7 Å². The summed E-state index contributed by atoms with van der Waals surface area (Å²) in [5.74, 6) is 0. The third kappa shape index (κ3) is 3.90. The van der Waals surface area contributed by atoms with Gasteiger partial charge in [-0.25, -0.2) is 0 Å². The van der Waals surface area contributed by atoms with Crippen molar-refractivity contribution < 1.29 is 18.1 Å². The molecule has 9 aromatic carbocycles. The van der Waals surface area contributed by atoms with Crippen molar-refractivity contribution in [3.05, 3.63) is 170 Å². The maximum atomic E-state index is 9.19. The van der Waals surface area contributed by atoms with Gasteiger partial charge in [-0.1, -0.05) is 164 Å². The number of furan rings is 1. The fourth-order valence-corrected chi connectivity index (χ4v) is 7.09. The van der Waals surface area contributed by atoms with Crippen molar-refractivity contribution in [2.24, 2.45) is 0 Å². The first-order valence-electron chi connectivity index (χ1n) is 20.4. The lowest BCUT2D eigenvalue weighted by atomic mass is 9.84. The first-order chi connectivity index (χ1) is 27.5. The van der Waals surface area contributed by atoms with E-state index in [-0.39, 0.29) is 46.5 Å². The molecule has 0 aliphatic heterocycles. The molecule has 218 valence electrons.